The molecular weight excluding hydrogens is 338 g/mol. The number of amides is 1. The summed E-state index contributed by atoms with van der Waals surface area (Å²) in [7, 11) is 0. The first-order valence-electron chi connectivity index (χ1n) is 8.90. The van der Waals surface area contributed by atoms with Crippen molar-refractivity contribution in [3.05, 3.63) is 78.9 Å². The molecule has 0 aliphatic rings. The topological polar surface area (TPSA) is 68.0 Å². The van der Waals surface area contributed by atoms with Crippen LogP contribution < -0.4 is 5.32 Å². The average Bonchev–Trinajstić information content (AvgIpc) is 3.17. The number of carbonyl (C=O) groups excluding carboxylic acids is 1. The van der Waals surface area contributed by atoms with Crippen LogP contribution in [0.2, 0.25) is 0 Å². The number of hydrogen-bond acceptors (Lipinski definition) is 4. The smallest absolute Gasteiger partial charge is 0.224 e. The normalized spacial score (nSPS) is 10.8. The molecule has 0 saturated carbocycles. The van der Waals surface area contributed by atoms with Gasteiger partial charge in [0, 0.05) is 12.6 Å². The van der Waals surface area contributed by atoms with Crippen molar-refractivity contribution in [1.29, 1.82) is 0 Å². The number of oxazole rings is 1. The number of fused-ring (bicyclic) bond motifs is 1. The molecule has 0 aliphatic carbocycles. The van der Waals surface area contributed by atoms with Gasteiger partial charge in [-0.1, -0.05) is 30.3 Å². The number of pyridine rings is 1. The second-order valence-corrected chi connectivity index (χ2v) is 6.38. The molecule has 0 saturated heterocycles. The van der Waals surface area contributed by atoms with E-state index in [0.717, 1.165) is 40.8 Å². The molecule has 0 aliphatic heterocycles. The molecule has 0 unspecified atom stereocenters. The minimum Gasteiger partial charge on any atom is -0.443 e. The predicted molar refractivity (Wildman–Crippen MR) is 105 cm³/mol. The van der Waals surface area contributed by atoms with Gasteiger partial charge in [-0.2, -0.15) is 0 Å². The maximum Gasteiger partial charge on any atom is 0.224 e. The summed E-state index contributed by atoms with van der Waals surface area (Å²) in [6, 6.07) is 18.1. The van der Waals surface area contributed by atoms with Gasteiger partial charge in [0.25, 0.3) is 0 Å². The molecule has 2 aromatic carbocycles. The molecule has 2 aromatic heterocycles. The van der Waals surface area contributed by atoms with Crippen molar-refractivity contribution in [2.24, 2.45) is 0 Å². The van der Waals surface area contributed by atoms with Gasteiger partial charge >= 0.3 is 0 Å². The Morgan fingerprint density at radius 3 is 2.70 bits per heavy atom. The van der Waals surface area contributed by atoms with Crippen LogP contribution >= 0.6 is 0 Å². The summed E-state index contributed by atoms with van der Waals surface area (Å²) in [5, 5.41) is 2.86. The third-order valence-electron chi connectivity index (χ3n) is 4.43. The predicted octanol–water partition coefficient (Wildman–Crippen LogP) is 4.85. The number of aryl methyl sites for hydroxylation is 1. The van der Waals surface area contributed by atoms with E-state index in [1.807, 2.05) is 24.3 Å². The number of hydrogen-bond donors (Lipinski definition) is 1. The van der Waals surface area contributed by atoms with Gasteiger partial charge in [-0.05, 0) is 53.8 Å². The minimum absolute atomic E-state index is 0.0144. The first-order valence-corrected chi connectivity index (χ1v) is 8.90. The molecule has 0 atom stereocenters. The Balaban J connectivity index is 1.32. The fourth-order valence-corrected chi connectivity index (χ4v) is 3.01. The Labute approximate surface area is 157 Å². The van der Waals surface area contributed by atoms with Crippen molar-refractivity contribution >= 4 is 22.7 Å². The summed E-state index contributed by atoms with van der Waals surface area (Å²) in [5.41, 5.74) is 5.85. The van der Waals surface area contributed by atoms with Gasteiger partial charge in [-0.25, -0.2) is 4.98 Å². The highest BCUT2D eigenvalue weighted by atomic mass is 16.3. The van der Waals surface area contributed by atoms with E-state index < -0.39 is 0 Å². The second kappa shape index (κ2) is 7.83. The van der Waals surface area contributed by atoms with E-state index in [9.17, 15) is 4.79 Å². The van der Waals surface area contributed by atoms with Gasteiger partial charge in [0.1, 0.15) is 5.52 Å². The number of benzene rings is 2. The number of aromatic nitrogens is 2. The third kappa shape index (κ3) is 4.20. The Kier molecular flexibility index (Phi) is 4.92. The highest BCUT2D eigenvalue weighted by Gasteiger charge is 2.05. The summed E-state index contributed by atoms with van der Waals surface area (Å²) in [5.74, 6) is 0.0144. The van der Waals surface area contributed by atoms with Crippen molar-refractivity contribution in [2.75, 3.05) is 5.32 Å². The van der Waals surface area contributed by atoms with Gasteiger partial charge in [0.05, 0.1) is 11.9 Å². The summed E-state index contributed by atoms with van der Waals surface area (Å²) in [6.45, 7) is 0. The van der Waals surface area contributed by atoms with Gasteiger partial charge < -0.3 is 9.73 Å². The van der Waals surface area contributed by atoms with Crippen LogP contribution in [-0.4, -0.2) is 15.9 Å². The van der Waals surface area contributed by atoms with Gasteiger partial charge in [-0.15, -0.1) is 0 Å². The van der Waals surface area contributed by atoms with Crippen LogP contribution in [-0.2, 0) is 11.2 Å². The number of rotatable bonds is 6. The molecule has 0 spiro atoms. The summed E-state index contributed by atoms with van der Waals surface area (Å²) in [6.07, 6.45) is 6.94. The highest BCUT2D eigenvalue weighted by molar-refractivity contribution is 5.90. The lowest BCUT2D eigenvalue weighted by Gasteiger charge is -2.06. The maximum atomic E-state index is 12.0. The largest absolute Gasteiger partial charge is 0.443 e. The van der Waals surface area contributed by atoms with Crippen molar-refractivity contribution in [3.63, 3.8) is 0 Å². The lowest BCUT2D eigenvalue weighted by atomic mass is 10.0. The molecule has 4 rings (SSSR count). The van der Waals surface area contributed by atoms with Gasteiger partial charge in [-0.3, -0.25) is 9.78 Å². The average molecular weight is 357 g/mol. The zero-order valence-electron chi connectivity index (χ0n) is 14.8. The van der Waals surface area contributed by atoms with E-state index >= 15 is 0 Å². The van der Waals surface area contributed by atoms with Crippen LogP contribution in [0.1, 0.15) is 18.4 Å². The molecule has 1 amide bonds. The quantitative estimate of drug-likeness (QED) is 0.535. The molecule has 0 radical (unpaired) electrons. The summed E-state index contributed by atoms with van der Waals surface area (Å²) < 4.78 is 5.28. The molecule has 1 N–H and O–H groups in total. The molecule has 4 aromatic rings. The lowest BCUT2D eigenvalue weighted by molar-refractivity contribution is -0.116. The van der Waals surface area contributed by atoms with E-state index in [1.54, 1.807) is 18.5 Å². The standard InChI is InChI=1S/C22H19N3O2/c26-22(25-19-4-2-12-23-14-19)5-1-3-16-6-8-17(9-7-16)18-10-11-21-20(13-18)24-15-27-21/h2,4,6-15H,1,3,5H2,(H,25,26). The molecule has 5 heteroatoms. The maximum absolute atomic E-state index is 12.0. The zero-order valence-corrected chi connectivity index (χ0v) is 14.8. The molecule has 0 fully saturated rings. The van der Waals surface area contributed by atoms with Crippen LogP contribution in [0.3, 0.4) is 0 Å². The first kappa shape index (κ1) is 17.0. The van der Waals surface area contributed by atoms with Crippen LogP contribution in [0.4, 0.5) is 5.69 Å². The van der Waals surface area contributed by atoms with Crippen LogP contribution in [0.25, 0.3) is 22.2 Å². The zero-order chi connectivity index (χ0) is 18.5. The number of anilines is 1. The minimum atomic E-state index is 0.0144. The molecular formula is C22H19N3O2. The molecule has 0 bridgehead atoms. The van der Waals surface area contributed by atoms with Crippen molar-refractivity contribution in [2.45, 2.75) is 19.3 Å². The molecule has 27 heavy (non-hydrogen) atoms. The molecule has 5 nitrogen and oxygen atoms in total. The van der Waals surface area contributed by atoms with E-state index in [4.69, 9.17) is 4.42 Å². The fourth-order valence-electron chi connectivity index (χ4n) is 3.01. The monoisotopic (exact) mass is 357 g/mol. The van der Waals surface area contributed by atoms with Crippen LogP contribution in [0.5, 0.6) is 0 Å². The fraction of sp³-hybridized carbons (Fsp3) is 0.136. The van der Waals surface area contributed by atoms with Crippen molar-refractivity contribution in [1.82, 2.24) is 9.97 Å². The Morgan fingerprint density at radius 1 is 1.04 bits per heavy atom. The van der Waals surface area contributed by atoms with E-state index in [2.05, 4.69) is 39.6 Å². The van der Waals surface area contributed by atoms with E-state index in [-0.39, 0.29) is 5.91 Å². The van der Waals surface area contributed by atoms with Crippen molar-refractivity contribution in [3.8, 4) is 11.1 Å². The first-order chi connectivity index (χ1) is 13.3. The highest BCUT2D eigenvalue weighted by Crippen LogP contribution is 2.24. The van der Waals surface area contributed by atoms with Crippen molar-refractivity contribution < 1.29 is 9.21 Å². The number of nitrogens with one attached hydrogen (secondary N) is 1. The Morgan fingerprint density at radius 2 is 1.89 bits per heavy atom. The SMILES string of the molecule is O=C(CCCc1ccc(-c2ccc3ocnc3c2)cc1)Nc1cccnc1. The number of carbonyl (C=O) groups is 1. The van der Waals surface area contributed by atoms with Gasteiger partial charge in [0.15, 0.2) is 12.0 Å². The van der Waals surface area contributed by atoms with Gasteiger partial charge in [0.2, 0.25) is 5.91 Å². The number of nitrogens with zero attached hydrogens (tertiary/aromatic N) is 2. The second-order valence-electron chi connectivity index (χ2n) is 6.38. The Hall–Kier alpha value is -3.47. The van der Waals surface area contributed by atoms with E-state index in [0.29, 0.717) is 6.42 Å². The summed E-state index contributed by atoms with van der Waals surface area (Å²) in [4.78, 5) is 20.2. The molecule has 2 heterocycles. The van der Waals surface area contributed by atoms with Crippen LogP contribution in [0.15, 0.2) is 77.8 Å². The summed E-state index contributed by atoms with van der Waals surface area (Å²) >= 11 is 0. The lowest BCUT2D eigenvalue weighted by Crippen LogP contribution is -2.11. The Bertz CT molecular complexity index is 1040. The van der Waals surface area contributed by atoms with E-state index in [1.165, 1.54) is 12.0 Å². The third-order valence-corrected chi connectivity index (χ3v) is 4.43. The molecule has 134 valence electrons. The van der Waals surface area contributed by atoms with Crippen LogP contribution in [0, 0.1) is 0 Å².